The molecule has 1 aromatic heterocycles. The molecule has 0 aliphatic rings. The van der Waals surface area contributed by atoms with Gasteiger partial charge in [-0.05, 0) is 29.0 Å². The Balaban J connectivity index is 1.79. The molecule has 3 rings (SSSR count). The van der Waals surface area contributed by atoms with Crippen LogP contribution in [0.5, 0.6) is 0 Å². The van der Waals surface area contributed by atoms with Gasteiger partial charge in [0.05, 0.1) is 25.6 Å². The lowest BCUT2D eigenvalue weighted by Crippen LogP contribution is -2.45. The third kappa shape index (κ3) is 7.27. The van der Waals surface area contributed by atoms with Crippen molar-refractivity contribution in [2.75, 3.05) is 26.8 Å². The molecular weight excluding hydrogens is 432 g/mol. The molecular formula is C27H32N2O3S. The predicted molar refractivity (Wildman–Crippen MR) is 133 cm³/mol. The summed E-state index contributed by atoms with van der Waals surface area (Å²) in [5.74, 6) is -0.389. The first kappa shape index (κ1) is 24.7. The molecule has 33 heavy (non-hydrogen) atoms. The Morgan fingerprint density at radius 3 is 2.21 bits per heavy atom. The van der Waals surface area contributed by atoms with Crippen LogP contribution in [0, 0.1) is 0 Å². The monoisotopic (exact) mass is 464 g/mol. The highest BCUT2D eigenvalue weighted by Crippen LogP contribution is 2.22. The quantitative estimate of drug-likeness (QED) is 0.381. The van der Waals surface area contributed by atoms with Gasteiger partial charge < -0.3 is 14.5 Å². The van der Waals surface area contributed by atoms with Crippen molar-refractivity contribution in [3.63, 3.8) is 0 Å². The lowest BCUT2D eigenvalue weighted by molar-refractivity contribution is -0.142. The number of hydrogen-bond acceptors (Lipinski definition) is 4. The molecule has 1 atom stereocenters. The first-order chi connectivity index (χ1) is 16.1. The summed E-state index contributed by atoms with van der Waals surface area (Å²) >= 11 is 1.63. The van der Waals surface area contributed by atoms with Crippen molar-refractivity contribution in [2.24, 2.45) is 0 Å². The molecule has 0 spiro atoms. The summed E-state index contributed by atoms with van der Waals surface area (Å²) in [5.41, 5.74) is 2.03. The van der Waals surface area contributed by atoms with E-state index in [1.54, 1.807) is 23.3 Å². The average Bonchev–Trinajstić information content (AvgIpc) is 3.36. The Kier molecular flexibility index (Phi) is 9.66. The maximum atomic E-state index is 13.5. The molecule has 5 nitrogen and oxygen atoms in total. The number of carbonyl (C=O) groups is 2. The summed E-state index contributed by atoms with van der Waals surface area (Å²) in [6.45, 7) is 3.82. The first-order valence-electron chi connectivity index (χ1n) is 11.3. The van der Waals surface area contributed by atoms with E-state index >= 15 is 0 Å². The van der Waals surface area contributed by atoms with Crippen LogP contribution in [-0.4, -0.2) is 48.4 Å². The number of hydrogen-bond donors (Lipinski definition) is 0. The Morgan fingerprint density at radius 1 is 0.909 bits per heavy atom. The summed E-state index contributed by atoms with van der Waals surface area (Å²) in [5, 5.41) is 2.01. The van der Waals surface area contributed by atoms with E-state index in [1.165, 1.54) is 0 Å². The van der Waals surface area contributed by atoms with Gasteiger partial charge in [0.25, 0.3) is 0 Å². The molecule has 2 amide bonds. The molecule has 6 heteroatoms. The number of carbonyl (C=O) groups excluding carboxylic acids is 2. The van der Waals surface area contributed by atoms with Crippen molar-refractivity contribution < 1.29 is 14.3 Å². The second-order valence-electron chi connectivity index (χ2n) is 7.94. The van der Waals surface area contributed by atoms with Crippen molar-refractivity contribution in [3.8, 4) is 0 Å². The van der Waals surface area contributed by atoms with E-state index in [0.717, 1.165) is 16.0 Å². The van der Waals surface area contributed by atoms with Gasteiger partial charge in [0.2, 0.25) is 11.8 Å². The van der Waals surface area contributed by atoms with Crippen LogP contribution in [0.15, 0.2) is 78.2 Å². The minimum Gasteiger partial charge on any atom is -0.383 e. The van der Waals surface area contributed by atoms with E-state index in [-0.39, 0.29) is 24.3 Å². The van der Waals surface area contributed by atoms with Crippen LogP contribution in [0.1, 0.15) is 35.3 Å². The molecule has 0 aliphatic heterocycles. The fraction of sp³-hybridized carbons (Fsp3) is 0.333. The summed E-state index contributed by atoms with van der Waals surface area (Å²) in [6.07, 6.45) is 0.670. The maximum absolute atomic E-state index is 13.5. The zero-order chi connectivity index (χ0) is 23.5. The average molecular weight is 465 g/mol. The predicted octanol–water partition coefficient (Wildman–Crippen LogP) is 4.95. The van der Waals surface area contributed by atoms with Crippen molar-refractivity contribution in [2.45, 2.75) is 32.4 Å². The van der Waals surface area contributed by atoms with Crippen LogP contribution >= 0.6 is 11.3 Å². The van der Waals surface area contributed by atoms with Crippen LogP contribution in [0.25, 0.3) is 0 Å². The number of benzene rings is 2. The third-order valence-electron chi connectivity index (χ3n) is 5.61. The highest BCUT2D eigenvalue weighted by Gasteiger charge is 2.27. The Labute approximate surface area is 200 Å². The zero-order valence-electron chi connectivity index (χ0n) is 19.4. The number of methoxy groups -OCH3 is 1. The smallest absolute Gasteiger partial charge is 0.242 e. The number of rotatable bonds is 12. The first-order valence-corrected chi connectivity index (χ1v) is 12.2. The van der Waals surface area contributed by atoms with Crippen LogP contribution in [0.4, 0.5) is 0 Å². The second kappa shape index (κ2) is 12.9. The Bertz CT molecular complexity index is 977. The molecule has 0 saturated heterocycles. The topological polar surface area (TPSA) is 49.9 Å². The molecule has 0 bridgehead atoms. The van der Waals surface area contributed by atoms with E-state index in [1.807, 2.05) is 90.0 Å². The minimum atomic E-state index is -0.282. The van der Waals surface area contributed by atoms with E-state index in [2.05, 4.69) is 0 Å². The largest absolute Gasteiger partial charge is 0.383 e. The number of amides is 2. The molecule has 174 valence electrons. The van der Waals surface area contributed by atoms with Gasteiger partial charge in [-0.25, -0.2) is 0 Å². The molecule has 0 radical (unpaired) electrons. The lowest BCUT2D eigenvalue weighted by atomic mass is 9.95. The van der Waals surface area contributed by atoms with Gasteiger partial charge in [-0.3, -0.25) is 9.59 Å². The van der Waals surface area contributed by atoms with Crippen molar-refractivity contribution in [1.82, 2.24) is 9.80 Å². The van der Waals surface area contributed by atoms with Crippen LogP contribution < -0.4 is 0 Å². The summed E-state index contributed by atoms with van der Waals surface area (Å²) in [6, 6.07) is 23.8. The van der Waals surface area contributed by atoms with Gasteiger partial charge in [0.1, 0.15) is 0 Å². The van der Waals surface area contributed by atoms with Gasteiger partial charge in [-0.1, -0.05) is 73.7 Å². The molecule has 1 heterocycles. The highest BCUT2D eigenvalue weighted by atomic mass is 32.1. The van der Waals surface area contributed by atoms with Gasteiger partial charge in [0, 0.05) is 25.1 Å². The molecule has 0 N–H and O–H groups in total. The molecule has 0 aliphatic carbocycles. The van der Waals surface area contributed by atoms with E-state index in [4.69, 9.17) is 4.74 Å². The van der Waals surface area contributed by atoms with Crippen molar-refractivity contribution in [3.05, 3.63) is 94.2 Å². The maximum Gasteiger partial charge on any atom is 0.242 e. The third-order valence-corrected chi connectivity index (χ3v) is 6.47. The SMILES string of the molecule is CCC(C(=O)N(CCOC)CC(=O)N(Cc1ccccc1)Cc1cccs1)c1ccccc1. The number of thiophene rings is 1. The molecule has 2 aromatic carbocycles. The van der Waals surface area contributed by atoms with Gasteiger partial charge >= 0.3 is 0 Å². The zero-order valence-corrected chi connectivity index (χ0v) is 20.2. The fourth-order valence-electron chi connectivity index (χ4n) is 3.82. The highest BCUT2D eigenvalue weighted by molar-refractivity contribution is 7.09. The van der Waals surface area contributed by atoms with Gasteiger partial charge in [-0.15, -0.1) is 11.3 Å². The molecule has 3 aromatic rings. The molecule has 1 unspecified atom stereocenters. The van der Waals surface area contributed by atoms with Crippen molar-refractivity contribution in [1.29, 1.82) is 0 Å². The molecule has 0 fully saturated rings. The van der Waals surface area contributed by atoms with Crippen LogP contribution in [-0.2, 0) is 27.4 Å². The number of ether oxygens (including phenoxy) is 1. The summed E-state index contributed by atoms with van der Waals surface area (Å²) < 4.78 is 5.25. The lowest BCUT2D eigenvalue weighted by Gasteiger charge is -2.30. The Morgan fingerprint density at radius 2 is 1.61 bits per heavy atom. The van der Waals surface area contributed by atoms with Crippen LogP contribution in [0.3, 0.4) is 0 Å². The van der Waals surface area contributed by atoms with Gasteiger partial charge in [0.15, 0.2) is 0 Å². The minimum absolute atomic E-state index is 0.0315. The second-order valence-corrected chi connectivity index (χ2v) is 8.97. The Hall–Kier alpha value is -2.96. The standard InChI is InChI=1S/C27H32N2O3S/c1-3-25(23-13-8-5-9-14-23)27(31)28(16-17-32-2)21-26(30)29(20-24-15-10-18-33-24)19-22-11-6-4-7-12-22/h4-15,18,25H,3,16-17,19-21H2,1-2H3. The van der Waals surface area contributed by atoms with E-state index in [0.29, 0.717) is 32.7 Å². The summed E-state index contributed by atoms with van der Waals surface area (Å²) in [7, 11) is 1.61. The van der Waals surface area contributed by atoms with E-state index in [9.17, 15) is 9.59 Å². The number of nitrogens with zero attached hydrogens (tertiary/aromatic N) is 2. The van der Waals surface area contributed by atoms with Crippen LogP contribution in [0.2, 0.25) is 0 Å². The van der Waals surface area contributed by atoms with Crippen molar-refractivity contribution >= 4 is 23.2 Å². The normalized spacial score (nSPS) is 11.7. The van der Waals surface area contributed by atoms with Gasteiger partial charge in [-0.2, -0.15) is 0 Å². The molecule has 0 saturated carbocycles. The van der Waals surface area contributed by atoms with E-state index < -0.39 is 0 Å². The fourth-order valence-corrected chi connectivity index (χ4v) is 4.54. The summed E-state index contributed by atoms with van der Waals surface area (Å²) in [4.78, 5) is 31.6.